The molecular formula is C25H25F3N4O5. The standard InChI is InChI=1S/C23H24N4O3.C2HF3O2/c1-14-4-7-17(8-5-14)27-12-2-3-19(23(27)30)20(28)22(29)26-16-6-9-18-15(13-16)10-11-25-21(18)24;3-2(4,5)1(6)7/h4-11,13,19-20,28H,2-3,12H2,1H3,(H2,24,25)(H,26,29);(H,6,7). The van der Waals surface area contributed by atoms with E-state index in [0.717, 1.165) is 28.4 Å². The van der Waals surface area contributed by atoms with Crippen LogP contribution in [-0.2, 0) is 14.4 Å². The van der Waals surface area contributed by atoms with Crippen molar-refractivity contribution in [2.45, 2.75) is 32.0 Å². The highest BCUT2D eigenvalue weighted by molar-refractivity contribution is 6.03. The third kappa shape index (κ3) is 6.73. The number of nitrogens with one attached hydrogen (secondary N) is 1. The summed E-state index contributed by atoms with van der Waals surface area (Å²) in [7, 11) is 0. The Morgan fingerprint density at radius 2 is 1.81 bits per heavy atom. The van der Waals surface area contributed by atoms with Crippen LogP contribution >= 0.6 is 0 Å². The van der Waals surface area contributed by atoms with Gasteiger partial charge in [-0.15, -0.1) is 0 Å². The third-order valence-corrected chi connectivity index (χ3v) is 5.78. The van der Waals surface area contributed by atoms with Crippen molar-refractivity contribution in [3.8, 4) is 0 Å². The monoisotopic (exact) mass is 518 g/mol. The van der Waals surface area contributed by atoms with Crippen molar-refractivity contribution in [1.82, 2.24) is 4.98 Å². The number of carbonyl (C=O) groups excluding carboxylic acids is 2. The Bertz CT molecular complexity index is 1300. The number of nitrogen functional groups attached to an aromatic ring is 1. The Hall–Kier alpha value is -4.19. The van der Waals surface area contributed by atoms with Crippen LogP contribution in [0.25, 0.3) is 10.8 Å². The number of nitrogens with zero attached hydrogens (tertiary/aromatic N) is 2. The normalized spacial score (nSPS) is 16.5. The number of carboxylic acids is 1. The first-order valence-electron chi connectivity index (χ1n) is 11.2. The van der Waals surface area contributed by atoms with Crippen LogP contribution in [0.1, 0.15) is 18.4 Å². The van der Waals surface area contributed by atoms with Gasteiger partial charge in [-0.05, 0) is 61.5 Å². The summed E-state index contributed by atoms with van der Waals surface area (Å²) in [5, 5.41) is 22.1. The number of carbonyl (C=O) groups is 3. The molecule has 0 saturated carbocycles. The number of hydrogen-bond donors (Lipinski definition) is 4. The van der Waals surface area contributed by atoms with Gasteiger partial charge >= 0.3 is 12.1 Å². The molecule has 2 amide bonds. The summed E-state index contributed by atoms with van der Waals surface area (Å²) in [6.07, 6.45) is -3.73. The molecule has 0 spiro atoms. The van der Waals surface area contributed by atoms with Crippen molar-refractivity contribution in [2.75, 3.05) is 22.5 Å². The lowest BCUT2D eigenvalue weighted by Crippen LogP contribution is -2.49. The summed E-state index contributed by atoms with van der Waals surface area (Å²) < 4.78 is 31.7. The van der Waals surface area contributed by atoms with Crippen molar-refractivity contribution in [1.29, 1.82) is 0 Å². The molecule has 2 aromatic carbocycles. The minimum Gasteiger partial charge on any atom is -0.475 e. The number of alkyl halides is 3. The first-order chi connectivity index (χ1) is 17.4. The highest BCUT2D eigenvalue weighted by Crippen LogP contribution is 2.28. The van der Waals surface area contributed by atoms with Gasteiger partial charge in [0.2, 0.25) is 5.91 Å². The minimum absolute atomic E-state index is 0.231. The average molecular weight is 518 g/mol. The van der Waals surface area contributed by atoms with Crippen molar-refractivity contribution in [3.63, 3.8) is 0 Å². The number of amides is 2. The zero-order valence-corrected chi connectivity index (χ0v) is 19.7. The summed E-state index contributed by atoms with van der Waals surface area (Å²) in [5.41, 5.74) is 8.27. The third-order valence-electron chi connectivity index (χ3n) is 5.78. The summed E-state index contributed by atoms with van der Waals surface area (Å²) in [6, 6.07) is 14.7. The molecule has 1 aliphatic rings. The second kappa shape index (κ2) is 11.2. The molecule has 2 heterocycles. The Morgan fingerprint density at radius 3 is 2.43 bits per heavy atom. The number of aliphatic hydroxyl groups is 1. The molecule has 0 bridgehead atoms. The topological polar surface area (TPSA) is 146 Å². The number of aliphatic hydroxyl groups excluding tert-OH is 1. The molecular weight excluding hydrogens is 493 g/mol. The lowest BCUT2D eigenvalue weighted by Gasteiger charge is -2.34. The molecule has 4 rings (SSSR count). The van der Waals surface area contributed by atoms with Gasteiger partial charge in [-0.3, -0.25) is 9.59 Å². The maximum atomic E-state index is 13.0. The van der Waals surface area contributed by atoms with Gasteiger partial charge in [0.15, 0.2) is 0 Å². The summed E-state index contributed by atoms with van der Waals surface area (Å²) in [6.45, 7) is 2.56. The van der Waals surface area contributed by atoms with Crippen LogP contribution in [0.5, 0.6) is 0 Å². The fourth-order valence-corrected chi connectivity index (χ4v) is 3.86. The van der Waals surface area contributed by atoms with Crippen LogP contribution in [0, 0.1) is 12.8 Å². The Kier molecular flexibility index (Phi) is 8.33. The van der Waals surface area contributed by atoms with E-state index in [-0.39, 0.29) is 5.91 Å². The van der Waals surface area contributed by atoms with E-state index in [9.17, 15) is 27.9 Å². The molecule has 3 aromatic rings. The van der Waals surface area contributed by atoms with Gasteiger partial charge in [0.25, 0.3) is 5.91 Å². The molecule has 1 aliphatic heterocycles. The number of piperidine rings is 1. The van der Waals surface area contributed by atoms with Crippen LogP contribution in [0.4, 0.5) is 30.4 Å². The van der Waals surface area contributed by atoms with E-state index in [1.54, 1.807) is 35.4 Å². The number of aromatic nitrogens is 1. The van der Waals surface area contributed by atoms with Gasteiger partial charge in [0.05, 0.1) is 5.92 Å². The van der Waals surface area contributed by atoms with E-state index in [1.165, 1.54) is 0 Å². The minimum atomic E-state index is -5.08. The zero-order valence-electron chi connectivity index (χ0n) is 19.7. The number of fused-ring (bicyclic) bond motifs is 1. The molecule has 1 saturated heterocycles. The van der Waals surface area contributed by atoms with Crippen molar-refractivity contribution >= 4 is 45.7 Å². The second-order valence-electron chi connectivity index (χ2n) is 8.44. The number of halogens is 3. The maximum Gasteiger partial charge on any atom is 0.490 e. The highest BCUT2D eigenvalue weighted by Gasteiger charge is 2.39. The molecule has 9 nitrogen and oxygen atoms in total. The molecule has 37 heavy (non-hydrogen) atoms. The molecule has 12 heteroatoms. The van der Waals surface area contributed by atoms with Crippen molar-refractivity contribution in [3.05, 3.63) is 60.3 Å². The smallest absolute Gasteiger partial charge is 0.475 e. The van der Waals surface area contributed by atoms with Crippen LogP contribution in [0.2, 0.25) is 0 Å². The SMILES string of the molecule is Cc1ccc(N2CCCC(C(O)C(=O)Nc3ccc4c(N)nccc4c3)C2=O)cc1.O=C(O)C(F)(F)F. The largest absolute Gasteiger partial charge is 0.490 e. The molecule has 2 atom stereocenters. The number of aryl methyl sites for hydroxylation is 1. The number of carboxylic acid groups (broad SMARTS) is 1. The molecule has 0 radical (unpaired) electrons. The van der Waals surface area contributed by atoms with Crippen molar-refractivity contribution < 1.29 is 37.8 Å². The van der Waals surface area contributed by atoms with Gasteiger partial charge in [-0.25, -0.2) is 9.78 Å². The van der Waals surface area contributed by atoms with Gasteiger partial charge in [-0.1, -0.05) is 17.7 Å². The number of hydrogen-bond acceptors (Lipinski definition) is 6. The number of benzene rings is 2. The molecule has 0 aliphatic carbocycles. The van der Waals surface area contributed by atoms with E-state index < -0.39 is 30.1 Å². The number of pyridine rings is 1. The Balaban J connectivity index is 0.000000479. The van der Waals surface area contributed by atoms with Crippen molar-refractivity contribution in [2.24, 2.45) is 5.92 Å². The lowest BCUT2D eigenvalue weighted by atomic mass is 9.90. The fraction of sp³-hybridized carbons (Fsp3) is 0.280. The van der Waals surface area contributed by atoms with Crippen LogP contribution in [0.3, 0.4) is 0 Å². The Morgan fingerprint density at radius 1 is 1.16 bits per heavy atom. The fourth-order valence-electron chi connectivity index (χ4n) is 3.86. The Labute approximate surface area is 209 Å². The number of nitrogens with two attached hydrogens (primary N) is 1. The molecule has 196 valence electrons. The first kappa shape index (κ1) is 27.4. The zero-order chi connectivity index (χ0) is 27.3. The van der Waals surface area contributed by atoms with E-state index in [1.807, 2.05) is 31.2 Å². The summed E-state index contributed by atoms with van der Waals surface area (Å²) in [5.74, 6) is -3.95. The van der Waals surface area contributed by atoms with Gasteiger partial charge < -0.3 is 26.2 Å². The van der Waals surface area contributed by atoms with Gasteiger partial charge in [0.1, 0.15) is 11.9 Å². The maximum absolute atomic E-state index is 13.0. The summed E-state index contributed by atoms with van der Waals surface area (Å²) in [4.78, 5) is 40.3. The molecule has 2 unspecified atom stereocenters. The predicted molar refractivity (Wildman–Crippen MR) is 131 cm³/mol. The molecule has 1 fully saturated rings. The van der Waals surface area contributed by atoms with E-state index in [0.29, 0.717) is 24.5 Å². The highest BCUT2D eigenvalue weighted by atomic mass is 19.4. The molecule has 5 N–H and O–H groups in total. The number of anilines is 3. The van der Waals surface area contributed by atoms with Crippen LogP contribution < -0.4 is 16.0 Å². The second-order valence-corrected chi connectivity index (χ2v) is 8.44. The lowest BCUT2D eigenvalue weighted by molar-refractivity contribution is -0.192. The van der Waals surface area contributed by atoms with E-state index in [4.69, 9.17) is 15.6 Å². The number of aliphatic carboxylic acids is 1. The quantitative estimate of drug-likeness (QED) is 0.414. The van der Waals surface area contributed by atoms with Crippen LogP contribution in [-0.4, -0.2) is 51.8 Å². The average Bonchev–Trinajstić information content (AvgIpc) is 2.84. The predicted octanol–water partition coefficient (Wildman–Crippen LogP) is 3.50. The first-order valence-corrected chi connectivity index (χ1v) is 11.2. The summed E-state index contributed by atoms with van der Waals surface area (Å²) >= 11 is 0. The van der Waals surface area contributed by atoms with E-state index in [2.05, 4.69) is 10.3 Å². The van der Waals surface area contributed by atoms with E-state index >= 15 is 0 Å². The van der Waals surface area contributed by atoms with Crippen LogP contribution in [0.15, 0.2) is 54.7 Å². The molecule has 1 aromatic heterocycles. The number of rotatable bonds is 4. The van der Waals surface area contributed by atoms with Gasteiger partial charge in [0, 0.05) is 29.5 Å². The van der Waals surface area contributed by atoms with Gasteiger partial charge in [-0.2, -0.15) is 13.2 Å².